The van der Waals surface area contributed by atoms with Gasteiger partial charge in [0.15, 0.2) is 6.29 Å². The number of nitrogens with zero attached hydrogens (tertiary/aromatic N) is 1. The van der Waals surface area contributed by atoms with Crippen LogP contribution in [0.15, 0.2) is 42.5 Å². The molecule has 0 radical (unpaired) electrons. The molecule has 3 rings (SSSR count). The van der Waals surface area contributed by atoms with Crippen LogP contribution in [-0.4, -0.2) is 29.2 Å². The predicted molar refractivity (Wildman–Crippen MR) is 88.4 cm³/mol. The summed E-state index contributed by atoms with van der Waals surface area (Å²) in [5.41, 5.74) is 1.02. The molecule has 2 aromatic rings. The second-order valence-corrected chi connectivity index (χ2v) is 5.46. The summed E-state index contributed by atoms with van der Waals surface area (Å²) in [7, 11) is 0. The Bertz CT molecular complexity index is 784. The van der Waals surface area contributed by atoms with Gasteiger partial charge in [0, 0.05) is 23.3 Å². The molecule has 1 heterocycles. The molecule has 1 saturated heterocycles. The van der Waals surface area contributed by atoms with Gasteiger partial charge in [-0.25, -0.2) is 0 Å². The fourth-order valence-electron chi connectivity index (χ4n) is 2.41. The first-order chi connectivity index (χ1) is 12.0. The molecular formula is C17H16N2O6. The van der Waals surface area contributed by atoms with E-state index in [1.807, 2.05) is 0 Å². The van der Waals surface area contributed by atoms with E-state index in [2.05, 4.69) is 5.32 Å². The van der Waals surface area contributed by atoms with Crippen molar-refractivity contribution in [3.63, 3.8) is 0 Å². The number of anilines is 1. The Hall–Kier alpha value is -2.97. The van der Waals surface area contributed by atoms with E-state index in [9.17, 15) is 20.0 Å². The minimum Gasteiger partial charge on any atom is -0.506 e. The zero-order chi connectivity index (χ0) is 17.8. The number of phenolic OH excluding ortho intramolecular Hbond substituents is 1. The first kappa shape index (κ1) is 16.9. The lowest BCUT2D eigenvalue weighted by atomic mass is 10.1. The molecule has 8 heteroatoms. The van der Waals surface area contributed by atoms with E-state index in [0.29, 0.717) is 18.8 Å². The summed E-state index contributed by atoms with van der Waals surface area (Å²) in [4.78, 5) is 22.4. The number of aromatic hydroxyl groups is 1. The number of ether oxygens (including phenoxy) is 2. The van der Waals surface area contributed by atoms with Crippen molar-refractivity contribution in [3.05, 3.63) is 63.7 Å². The van der Waals surface area contributed by atoms with E-state index < -0.39 is 17.1 Å². The number of rotatable bonds is 4. The van der Waals surface area contributed by atoms with Crippen LogP contribution < -0.4 is 5.32 Å². The minimum atomic E-state index is -0.541. The fraction of sp³-hybridized carbons (Fsp3) is 0.235. The molecule has 1 aliphatic heterocycles. The summed E-state index contributed by atoms with van der Waals surface area (Å²) in [6.07, 6.45) is 0.280. The Labute approximate surface area is 143 Å². The third-order valence-corrected chi connectivity index (χ3v) is 3.71. The summed E-state index contributed by atoms with van der Waals surface area (Å²) in [6.45, 7) is 1.16. The van der Waals surface area contributed by atoms with E-state index >= 15 is 0 Å². The number of non-ortho nitro benzene ring substituents is 1. The number of amides is 1. The van der Waals surface area contributed by atoms with Crippen LogP contribution in [0.1, 0.15) is 28.6 Å². The second-order valence-electron chi connectivity index (χ2n) is 5.46. The van der Waals surface area contributed by atoms with Gasteiger partial charge < -0.3 is 19.9 Å². The zero-order valence-electron chi connectivity index (χ0n) is 13.2. The Morgan fingerprint density at radius 1 is 1.16 bits per heavy atom. The SMILES string of the molecule is O=C(Nc1cc(C2OCCCO2)ccc1O)c1ccc([N+](=O)[O-])cc1. The summed E-state index contributed by atoms with van der Waals surface area (Å²) >= 11 is 0. The molecule has 0 atom stereocenters. The molecule has 0 unspecified atom stereocenters. The maximum atomic E-state index is 12.3. The standard InChI is InChI=1S/C17H16N2O6/c20-15-7-4-12(17-24-8-1-9-25-17)10-14(15)18-16(21)11-2-5-13(6-3-11)19(22)23/h2-7,10,17,20H,1,8-9H2,(H,18,21). The molecule has 0 saturated carbocycles. The number of hydrogen-bond donors (Lipinski definition) is 2. The van der Waals surface area contributed by atoms with Gasteiger partial charge in [-0.05, 0) is 30.7 Å². The number of phenols is 1. The molecule has 0 aromatic heterocycles. The van der Waals surface area contributed by atoms with Crippen LogP contribution in [0.3, 0.4) is 0 Å². The number of benzene rings is 2. The summed E-state index contributed by atoms with van der Waals surface area (Å²) in [6, 6.07) is 9.87. The Kier molecular flexibility index (Phi) is 4.92. The van der Waals surface area contributed by atoms with Gasteiger partial charge in [-0.2, -0.15) is 0 Å². The number of nitro groups is 1. The van der Waals surface area contributed by atoms with Crippen LogP contribution in [0.5, 0.6) is 5.75 Å². The molecule has 2 aromatic carbocycles. The first-order valence-electron chi connectivity index (χ1n) is 7.66. The van der Waals surface area contributed by atoms with Crippen molar-refractivity contribution in [2.45, 2.75) is 12.7 Å². The zero-order valence-corrected chi connectivity index (χ0v) is 13.2. The molecule has 0 spiro atoms. The van der Waals surface area contributed by atoms with Gasteiger partial charge in [0.2, 0.25) is 0 Å². The highest BCUT2D eigenvalue weighted by molar-refractivity contribution is 6.05. The molecule has 1 aliphatic rings. The number of hydrogen-bond acceptors (Lipinski definition) is 6. The highest BCUT2D eigenvalue weighted by atomic mass is 16.7. The van der Waals surface area contributed by atoms with Crippen LogP contribution in [0.25, 0.3) is 0 Å². The predicted octanol–water partition coefficient (Wildman–Crippen LogP) is 2.99. The van der Waals surface area contributed by atoms with Crippen LogP contribution >= 0.6 is 0 Å². The molecule has 0 aliphatic carbocycles. The summed E-state index contributed by atoms with van der Waals surface area (Å²) < 4.78 is 11.0. The quantitative estimate of drug-likeness (QED) is 0.501. The van der Waals surface area contributed by atoms with Crippen LogP contribution in [0.2, 0.25) is 0 Å². The van der Waals surface area contributed by atoms with Crippen molar-refractivity contribution in [1.82, 2.24) is 0 Å². The minimum absolute atomic E-state index is 0.102. The molecule has 2 N–H and O–H groups in total. The monoisotopic (exact) mass is 344 g/mol. The molecule has 25 heavy (non-hydrogen) atoms. The van der Waals surface area contributed by atoms with Gasteiger partial charge in [-0.1, -0.05) is 6.07 Å². The first-order valence-corrected chi connectivity index (χ1v) is 7.66. The number of carbonyl (C=O) groups excluding carboxylic acids is 1. The van der Waals surface area contributed by atoms with E-state index in [1.54, 1.807) is 12.1 Å². The third kappa shape index (κ3) is 3.93. The van der Waals surface area contributed by atoms with E-state index in [4.69, 9.17) is 9.47 Å². The van der Waals surface area contributed by atoms with Crippen molar-refractivity contribution in [2.75, 3.05) is 18.5 Å². The average Bonchev–Trinajstić information content (AvgIpc) is 2.64. The summed E-state index contributed by atoms with van der Waals surface area (Å²) in [5.74, 6) is -0.595. The number of nitro benzene ring substituents is 1. The normalized spacial score (nSPS) is 14.9. The highest BCUT2D eigenvalue weighted by Gasteiger charge is 2.19. The lowest BCUT2D eigenvalue weighted by Gasteiger charge is -2.24. The van der Waals surface area contributed by atoms with Crippen molar-refractivity contribution >= 4 is 17.3 Å². The van der Waals surface area contributed by atoms with Crippen LogP contribution in [0, 0.1) is 10.1 Å². The van der Waals surface area contributed by atoms with E-state index in [0.717, 1.165) is 6.42 Å². The maximum Gasteiger partial charge on any atom is 0.269 e. The highest BCUT2D eigenvalue weighted by Crippen LogP contribution is 2.30. The number of nitrogens with one attached hydrogen (secondary N) is 1. The summed E-state index contributed by atoms with van der Waals surface area (Å²) in [5, 5.41) is 23.2. The second kappa shape index (κ2) is 7.29. The van der Waals surface area contributed by atoms with Crippen LogP contribution in [0.4, 0.5) is 11.4 Å². The van der Waals surface area contributed by atoms with Gasteiger partial charge >= 0.3 is 0 Å². The Morgan fingerprint density at radius 3 is 2.48 bits per heavy atom. The molecule has 130 valence electrons. The van der Waals surface area contributed by atoms with Gasteiger partial charge in [0.25, 0.3) is 11.6 Å². The lowest BCUT2D eigenvalue weighted by molar-refractivity contribution is -0.384. The Morgan fingerprint density at radius 2 is 1.84 bits per heavy atom. The number of carbonyl (C=O) groups is 1. The Balaban J connectivity index is 1.76. The average molecular weight is 344 g/mol. The molecule has 0 bridgehead atoms. The van der Waals surface area contributed by atoms with E-state index in [1.165, 1.54) is 30.3 Å². The van der Waals surface area contributed by atoms with Gasteiger partial charge in [-0.3, -0.25) is 14.9 Å². The third-order valence-electron chi connectivity index (χ3n) is 3.71. The largest absolute Gasteiger partial charge is 0.506 e. The van der Waals surface area contributed by atoms with Gasteiger partial charge in [0.05, 0.1) is 23.8 Å². The van der Waals surface area contributed by atoms with Gasteiger partial charge in [-0.15, -0.1) is 0 Å². The smallest absolute Gasteiger partial charge is 0.269 e. The topological polar surface area (TPSA) is 111 Å². The van der Waals surface area contributed by atoms with Crippen LogP contribution in [-0.2, 0) is 9.47 Å². The molecule has 8 nitrogen and oxygen atoms in total. The maximum absolute atomic E-state index is 12.3. The molecular weight excluding hydrogens is 328 g/mol. The lowest BCUT2D eigenvalue weighted by Crippen LogP contribution is -2.18. The van der Waals surface area contributed by atoms with Crippen molar-refractivity contribution in [3.8, 4) is 5.75 Å². The van der Waals surface area contributed by atoms with Crippen molar-refractivity contribution in [2.24, 2.45) is 0 Å². The van der Waals surface area contributed by atoms with E-state index in [-0.39, 0.29) is 22.7 Å². The van der Waals surface area contributed by atoms with Crippen molar-refractivity contribution < 1.29 is 24.3 Å². The van der Waals surface area contributed by atoms with Crippen molar-refractivity contribution in [1.29, 1.82) is 0 Å². The molecule has 1 fully saturated rings. The fourth-order valence-corrected chi connectivity index (χ4v) is 2.41. The molecule has 1 amide bonds. The van der Waals surface area contributed by atoms with Gasteiger partial charge in [0.1, 0.15) is 5.75 Å².